The summed E-state index contributed by atoms with van der Waals surface area (Å²) < 4.78 is 5.16. The first kappa shape index (κ1) is 11.1. The molecule has 1 saturated heterocycles. The minimum Gasteiger partial charge on any atom is -0.353 e. The van der Waals surface area contributed by atoms with Crippen molar-refractivity contribution < 1.29 is 9.32 Å². The molecule has 1 aromatic heterocycles. The van der Waals surface area contributed by atoms with Crippen LogP contribution in [0.1, 0.15) is 37.5 Å². The summed E-state index contributed by atoms with van der Waals surface area (Å²) in [7, 11) is 0. The van der Waals surface area contributed by atoms with Crippen LogP contribution in [0.4, 0.5) is 0 Å². The maximum Gasteiger partial charge on any atom is 0.245 e. The van der Waals surface area contributed by atoms with Gasteiger partial charge in [0.15, 0.2) is 5.82 Å². The zero-order chi connectivity index (χ0) is 11.4. The standard InChI is InChI=1S/C10H16N4O2/c1-2-3-4-8-13-10(16-14-8)7-5-12-9(15)6-11-7/h7,11H,2-6H2,1H3,(H,12,15). The first-order valence-electron chi connectivity index (χ1n) is 5.62. The quantitative estimate of drug-likeness (QED) is 0.762. The summed E-state index contributed by atoms with van der Waals surface area (Å²) in [4.78, 5) is 15.3. The molecule has 6 nitrogen and oxygen atoms in total. The van der Waals surface area contributed by atoms with Gasteiger partial charge in [-0.05, 0) is 6.42 Å². The molecular weight excluding hydrogens is 208 g/mol. The number of hydrogen-bond donors (Lipinski definition) is 2. The van der Waals surface area contributed by atoms with E-state index in [1.165, 1.54) is 0 Å². The van der Waals surface area contributed by atoms with Gasteiger partial charge < -0.3 is 9.84 Å². The Labute approximate surface area is 93.8 Å². The van der Waals surface area contributed by atoms with Crippen LogP contribution in [0.25, 0.3) is 0 Å². The Balaban J connectivity index is 1.93. The first-order chi connectivity index (χ1) is 7.79. The first-order valence-corrected chi connectivity index (χ1v) is 5.62. The molecule has 0 aromatic carbocycles. The molecule has 1 unspecified atom stereocenters. The van der Waals surface area contributed by atoms with Crippen molar-refractivity contribution in [3.63, 3.8) is 0 Å². The monoisotopic (exact) mass is 224 g/mol. The van der Waals surface area contributed by atoms with Gasteiger partial charge >= 0.3 is 0 Å². The van der Waals surface area contributed by atoms with Crippen LogP contribution in [0, 0.1) is 0 Å². The number of rotatable bonds is 4. The Morgan fingerprint density at radius 3 is 3.12 bits per heavy atom. The fourth-order valence-corrected chi connectivity index (χ4v) is 1.59. The Bertz CT molecular complexity index is 353. The van der Waals surface area contributed by atoms with E-state index in [0.29, 0.717) is 19.0 Å². The molecule has 2 heterocycles. The molecule has 0 radical (unpaired) electrons. The number of nitrogens with zero attached hydrogens (tertiary/aromatic N) is 2. The highest BCUT2D eigenvalue weighted by Crippen LogP contribution is 2.12. The molecule has 1 aromatic rings. The number of unbranched alkanes of at least 4 members (excludes halogenated alkanes) is 1. The zero-order valence-corrected chi connectivity index (χ0v) is 9.32. The second-order valence-corrected chi connectivity index (χ2v) is 3.89. The van der Waals surface area contributed by atoms with Gasteiger partial charge in [-0.1, -0.05) is 18.5 Å². The smallest absolute Gasteiger partial charge is 0.245 e. The van der Waals surface area contributed by atoms with E-state index in [9.17, 15) is 4.79 Å². The summed E-state index contributed by atoms with van der Waals surface area (Å²) in [6.45, 7) is 2.94. The van der Waals surface area contributed by atoms with Crippen LogP contribution >= 0.6 is 0 Å². The number of carbonyl (C=O) groups is 1. The number of aryl methyl sites for hydroxylation is 1. The van der Waals surface area contributed by atoms with Crippen LogP contribution in [0.5, 0.6) is 0 Å². The molecule has 2 rings (SSSR count). The molecule has 0 bridgehead atoms. The largest absolute Gasteiger partial charge is 0.353 e. The molecule has 0 saturated carbocycles. The summed E-state index contributed by atoms with van der Waals surface area (Å²) in [5.74, 6) is 1.31. The molecule has 1 amide bonds. The number of amides is 1. The lowest BCUT2D eigenvalue weighted by atomic mass is 10.2. The van der Waals surface area contributed by atoms with Gasteiger partial charge in [0.1, 0.15) is 6.04 Å². The lowest BCUT2D eigenvalue weighted by Crippen LogP contribution is -2.47. The van der Waals surface area contributed by atoms with Crippen molar-refractivity contribution in [3.05, 3.63) is 11.7 Å². The van der Waals surface area contributed by atoms with E-state index in [4.69, 9.17) is 4.52 Å². The van der Waals surface area contributed by atoms with Crippen molar-refractivity contribution in [2.45, 2.75) is 32.2 Å². The maximum absolute atomic E-state index is 10.9. The highest BCUT2D eigenvalue weighted by atomic mass is 16.5. The van der Waals surface area contributed by atoms with Crippen LogP contribution in [0.15, 0.2) is 4.52 Å². The SMILES string of the molecule is CCCCc1noc(C2CNC(=O)CN2)n1. The van der Waals surface area contributed by atoms with E-state index in [1.807, 2.05) is 0 Å². The molecule has 1 aliphatic rings. The van der Waals surface area contributed by atoms with E-state index in [1.54, 1.807) is 0 Å². The third kappa shape index (κ3) is 2.57. The Morgan fingerprint density at radius 2 is 2.44 bits per heavy atom. The van der Waals surface area contributed by atoms with E-state index in [2.05, 4.69) is 27.7 Å². The third-order valence-corrected chi connectivity index (χ3v) is 2.55. The van der Waals surface area contributed by atoms with Gasteiger partial charge in [0.25, 0.3) is 0 Å². The molecule has 6 heteroatoms. The topological polar surface area (TPSA) is 80.0 Å². The van der Waals surface area contributed by atoms with Crippen molar-refractivity contribution in [2.75, 3.05) is 13.1 Å². The van der Waals surface area contributed by atoms with Crippen molar-refractivity contribution in [1.29, 1.82) is 0 Å². The van der Waals surface area contributed by atoms with Gasteiger partial charge in [-0.25, -0.2) is 0 Å². The van der Waals surface area contributed by atoms with Crippen LogP contribution in [-0.4, -0.2) is 29.1 Å². The Hall–Kier alpha value is -1.43. The number of carbonyl (C=O) groups excluding carboxylic acids is 1. The van der Waals surface area contributed by atoms with E-state index in [0.717, 1.165) is 25.1 Å². The second-order valence-electron chi connectivity index (χ2n) is 3.89. The molecular formula is C10H16N4O2. The summed E-state index contributed by atoms with van der Waals surface area (Å²) in [6.07, 6.45) is 3.02. The number of aromatic nitrogens is 2. The fourth-order valence-electron chi connectivity index (χ4n) is 1.59. The van der Waals surface area contributed by atoms with Crippen LogP contribution in [-0.2, 0) is 11.2 Å². The molecule has 0 aliphatic carbocycles. The molecule has 2 N–H and O–H groups in total. The van der Waals surface area contributed by atoms with Crippen LogP contribution in [0.2, 0.25) is 0 Å². The van der Waals surface area contributed by atoms with E-state index < -0.39 is 0 Å². The second kappa shape index (κ2) is 5.07. The lowest BCUT2D eigenvalue weighted by molar-refractivity contribution is -0.121. The molecule has 1 fully saturated rings. The number of piperazine rings is 1. The van der Waals surface area contributed by atoms with Gasteiger partial charge in [-0.2, -0.15) is 4.98 Å². The lowest BCUT2D eigenvalue weighted by Gasteiger charge is -2.20. The predicted octanol–water partition coefficient (Wildman–Crippen LogP) is 0.173. The Kier molecular flexibility index (Phi) is 3.51. The van der Waals surface area contributed by atoms with Gasteiger partial charge in [-0.3, -0.25) is 10.1 Å². The Morgan fingerprint density at radius 1 is 1.56 bits per heavy atom. The van der Waals surface area contributed by atoms with E-state index in [-0.39, 0.29) is 11.9 Å². The average Bonchev–Trinajstić information content (AvgIpc) is 2.76. The van der Waals surface area contributed by atoms with Gasteiger partial charge in [-0.15, -0.1) is 0 Å². The minimum atomic E-state index is -0.0550. The summed E-state index contributed by atoms with van der Waals surface area (Å²) in [5.41, 5.74) is 0. The zero-order valence-electron chi connectivity index (χ0n) is 9.32. The minimum absolute atomic E-state index is 0.00183. The molecule has 1 atom stereocenters. The van der Waals surface area contributed by atoms with Gasteiger partial charge in [0.05, 0.1) is 6.54 Å². The summed E-state index contributed by atoms with van der Waals surface area (Å²) in [5, 5.41) is 9.71. The summed E-state index contributed by atoms with van der Waals surface area (Å²) >= 11 is 0. The van der Waals surface area contributed by atoms with Crippen LogP contribution in [0.3, 0.4) is 0 Å². The molecule has 88 valence electrons. The normalized spacial score (nSPS) is 20.8. The van der Waals surface area contributed by atoms with Crippen molar-refractivity contribution in [2.24, 2.45) is 0 Å². The molecule has 1 aliphatic heterocycles. The summed E-state index contributed by atoms with van der Waals surface area (Å²) in [6, 6.07) is -0.0550. The van der Waals surface area contributed by atoms with Crippen molar-refractivity contribution >= 4 is 5.91 Å². The third-order valence-electron chi connectivity index (χ3n) is 2.55. The van der Waals surface area contributed by atoms with Crippen molar-refractivity contribution in [3.8, 4) is 0 Å². The van der Waals surface area contributed by atoms with E-state index >= 15 is 0 Å². The van der Waals surface area contributed by atoms with Gasteiger partial charge in [0.2, 0.25) is 11.8 Å². The highest BCUT2D eigenvalue weighted by Gasteiger charge is 2.23. The molecule has 0 spiro atoms. The molecule has 16 heavy (non-hydrogen) atoms. The highest BCUT2D eigenvalue weighted by molar-refractivity contribution is 5.78. The number of nitrogens with one attached hydrogen (secondary N) is 2. The van der Waals surface area contributed by atoms with Crippen LogP contribution < -0.4 is 10.6 Å². The van der Waals surface area contributed by atoms with Gasteiger partial charge in [0, 0.05) is 13.0 Å². The van der Waals surface area contributed by atoms with Crippen molar-refractivity contribution in [1.82, 2.24) is 20.8 Å². The predicted molar refractivity (Wildman–Crippen MR) is 56.7 cm³/mol. The number of hydrogen-bond acceptors (Lipinski definition) is 5. The average molecular weight is 224 g/mol. The maximum atomic E-state index is 10.9. The fraction of sp³-hybridized carbons (Fsp3) is 0.700.